The van der Waals surface area contributed by atoms with Crippen molar-refractivity contribution >= 4 is 11.9 Å². The molecule has 0 heterocycles. The molecule has 0 aromatic heterocycles. The monoisotopic (exact) mass is 373 g/mol. The van der Waals surface area contributed by atoms with Gasteiger partial charge in [-0.05, 0) is 68.7 Å². The van der Waals surface area contributed by atoms with Crippen molar-refractivity contribution in [3.8, 4) is 5.75 Å². The third kappa shape index (κ3) is 5.22. The number of methoxy groups -OCH3 is 1. The van der Waals surface area contributed by atoms with Gasteiger partial charge in [0.15, 0.2) is 0 Å². The molecule has 2 bridgehead atoms. The summed E-state index contributed by atoms with van der Waals surface area (Å²) in [6.07, 6.45) is 5.16. The standard InChI is InChI=1S/C21H31N3O3/c1-14(19-11-15-7-8-17(19)9-15)22-21(26)23-20(25)13-24(2)12-16-5-4-6-18(10-16)27-3/h4-6,10,14-15,17,19H,7-9,11-13H2,1-3H3,(H2,22,23,25,26). The van der Waals surface area contributed by atoms with Crippen molar-refractivity contribution in [2.24, 2.45) is 17.8 Å². The van der Waals surface area contributed by atoms with Crippen molar-refractivity contribution in [1.29, 1.82) is 0 Å². The predicted molar refractivity (Wildman–Crippen MR) is 104 cm³/mol. The zero-order valence-electron chi connectivity index (χ0n) is 16.5. The molecule has 148 valence electrons. The Hall–Kier alpha value is -2.08. The summed E-state index contributed by atoms with van der Waals surface area (Å²) < 4.78 is 5.22. The van der Waals surface area contributed by atoms with E-state index in [1.165, 1.54) is 25.7 Å². The highest BCUT2D eigenvalue weighted by Crippen LogP contribution is 2.49. The van der Waals surface area contributed by atoms with Crippen LogP contribution in [0.1, 0.15) is 38.2 Å². The maximum atomic E-state index is 12.2. The highest BCUT2D eigenvalue weighted by Gasteiger charge is 2.42. The fraction of sp³-hybridized carbons (Fsp3) is 0.619. The van der Waals surface area contributed by atoms with Gasteiger partial charge in [-0.15, -0.1) is 0 Å². The number of hydrogen-bond acceptors (Lipinski definition) is 4. The summed E-state index contributed by atoms with van der Waals surface area (Å²) in [5, 5.41) is 5.43. The van der Waals surface area contributed by atoms with Gasteiger partial charge >= 0.3 is 6.03 Å². The number of likely N-dealkylation sites (N-methyl/N-ethyl adjacent to an activating group) is 1. The Morgan fingerprint density at radius 1 is 1.30 bits per heavy atom. The third-order valence-electron chi connectivity index (χ3n) is 6.05. The number of carbonyl (C=O) groups is 2. The van der Waals surface area contributed by atoms with Crippen LogP contribution >= 0.6 is 0 Å². The van der Waals surface area contributed by atoms with Crippen LogP contribution in [0, 0.1) is 17.8 Å². The molecule has 2 aliphatic carbocycles. The van der Waals surface area contributed by atoms with Crippen LogP contribution in [0.2, 0.25) is 0 Å². The minimum absolute atomic E-state index is 0.114. The molecule has 0 radical (unpaired) electrons. The minimum atomic E-state index is -0.384. The maximum Gasteiger partial charge on any atom is 0.321 e. The Labute approximate surface area is 161 Å². The summed E-state index contributed by atoms with van der Waals surface area (Å²) in [7, 11) is 3.49. The van der Waals surface area contributed by atoms with Gasteiger partial charge in [0.1, 0.15) is 5.75 Å². The lowest BCUT2D eigenvalue weighted by molar-refractivity contribution is -0.121. The Kier molecular flexibility index (Phi) is 6.37. The fourth-order valence-electron chi connectivity index (χ4n) is 4.81. The van der Waals surface area contributed by atoms with Crippen LogP contribution in [0.25, 0.3) is 0 Å². The second kappa shape index (κ2) is 8.74. The molecule has 3 rings (SSSR count). The topological polar surface area (TPSA) is 70.7 Å². The molecule has 0 spiro atoms. The lowest BCUT2D eigenvalue weighted by Gasteiger charge is -2.28. The Morgan fingerprint density at radius 3 is 2.78 bits per heavy atom. The van der Waals surface area contributed by atoms with Crippen LogP contribution in [0.4, 0.5) is 4.79 Å². The predicted octanol–water partition coefficient (Wildman–Crippen LogP) is 2.78. The van der Waals surface area contributed by atoms with E-state index < -0.39 is 0 Å². The Bertz CT molecular complexity index is 678. The molecule has 2 saturated carbocycles. The van der Waals surface area contributed by atoms with Gasteiger partial charge < -0.3 is 10.1 Å². The average Bonchev–Trinajstić information content (AvgIpc) is 3.24. The number of amides is 3. The smallest absolute Gasteiger partial charge is 0.321 e. The molecule has 2 aliphatic rings. The number of ether oxygens (including phenoxy) is 1. The van der Waals surface area contributed by atoms with Crippen molar-refractivity contribution in [3.05, 3.63) is 29.8 Å². The number of imide groups is 1. The molecule has 6 nitrogen and oxygen atoms in total. The van der Waals surface area contributed by atoms with E-state index in [9.17, 15) is 9.59 Å². The van der Waals surface area contributed by atoms with Crippen molar-refractivity contribution in [1.82, 2.24) is 15.5 Å². The molecule has 1 aromatic carbocycles. The summed E-state index contributed by atoms with van der Waals surface area (Å²) in [6.45, 7) is 2.82. The first-order valence-electron chi connectivity index (χ1n) is 9.86. The summed E-state index contributed by atoms with van der Waals surface area (Å²) in [5.74, 6) is 2.65. The molecule has 2 fully saturated rings. The first-order valence-corrected chi connectivity index (χ1v) is 9.86. The number of benzene rings is 1. The van der Waals surface area contributed by atoms with E-state index in [0.717, 1.165) is 23.1 Å². The van der Waals surface area contributed by atoms with Gasteiger partial charge in [0, 0.05) is 12.6 Å². The SMILES string of the molecule is COc1cccc(CN(C)CC(=O)NC(=O)NC(C)C2CC3CCC2C3)c1. The van der Waals surface area contributed by atoms with E-state index in [1.54, 1.807) is 7.11 Å². The third-order valence-corrected chi connectivity index (χ3v) is 6.05. The molecule has 6 heteroatoms. The first kappa shape index (κ1) is 19.7. The average molecular weight is 373 g/mol. The number of urea groups is 1. The molecule has 3 amide bonds. The minimum Gasteiger partial charge on any atom is -0.497 e. The van der Waals surface area contributed by atoms with Gasteiger partial charge in [0.2, 0.25) is 5.91 Å². The van der Waals surface area contributed by atoms with Gasteiger partial charge in [0.05, 0.1) is 13.7 Å². The summed E-state index contributed by atoms with van der Waals surface area (Å²) in [6, 6.07) is 7.47. The van der Waals surface area contributed by atoms with Crippen molar-refractivity contribution in [3.63, 3.8) is 0 Å². The molecular formula is C21H31N3O3. The van der Waals surface area contributed by atoms with Crippen LogP contribution in [-0.4, -0.2) is 43.6 Å². The quantitative estimate of drug-likeness (QED) is 0.771. The first-order chi connectivity index (χ1) is 12.9. The van der Waals surface area contributed by atoms with Crippen LogP contribution < -0.4 is 15.4 Å². The normalized spacial score (nSPS) is 24.7. The zero-order chi connectivity index (χ0) is 19.4. The van der Waals surface area contributed by atoms with Gasteiger partial charge in [-0.2, -0.15) is 0 Å². The van der Waals surface area contributed by atoms with Crippen molar-refractivity contribution in [2.45, 2.75) is 45.2 Å². The van der Waals surface area contributed by atoms with E-state index in [4.69, 9.17) is 4.74 Å². The summed E-state index contributed by atoms with van der Waals surface area (Å²) in [5.41, 5.74) is 1.05. The van der Waals surface area contributed by atoms with Crippen LogP contribution in [-0.2, 0) is 11.3 Å². The second-order valence-corrected chi connectivity index (χ2v) is 8.17. The summed E-state index contributed by atoms with van der Waals surface area (Å²) in [4.78, 5) is 26.2. The van der Waals surface area contributed by atoms with Crippen molar-refractivity contribution < 1.29 is 14.3 Å². The Balaban J connectivity index is 1.40. The highest BCUT2D eigenvalue weighted by molar-refractivity contribution is 5.95. The summed E-state index contributed by atoms with van der Waals surface area (Å²) >= 11 is 0. The number of hydrogen-bond donors (Lipinski definition) is 2. The molecule has 2 N–H and O–H groups in total. The lowest BCUT2D eigenvalue weighted by atomic mass is 9.84. The van der Waals surface area contributed by atoms with Crippen LogP contribution in [0.15, 0.2) is 24.3 Å². The number of nitrogens with one attached hydrogen (secondary N) is 2. The Morgan fingerprint density at radius 2 is 2.11 bits per heavy atom. The maximum absolute atomic E-state index is 12.2. The lowest BCUT2D eigenvalue weighted by Crippen LogP contribution is -2.48. The van der Waals surface area contributed by atoms with Crippen LogP contribution in [0.3, 0.4) is 0 Å². The number of rotatable bonds is 7. The molecule has 4 atom stereocenters. The largest absolute Gasteiger partial charge is 0.497 e. The molecule has 0 saturated heterocycles. The molecule has 4 unspecified atom stereocenters. The van der Waals surface area contributed by atoms with E-state index in [2.05, 4.69) is 17.6 Å². The van der Waals surface area contributed by atoms with Crippen LogP contribution in [0.5, 0.6) is 5.75 Å². The number of nitrogens with zero attached hydrogens (tertiary/aromatic N) is 1. The van der Waals surface area contributed by atoms with E-state index in [0.29, 0.717) is 12.5 Å². The van der Waals surface area contributed by atoms with Gasteiger partial charge in [-0.1, -0.05) is 18.6 Å². The molecule has 1 aromatic rings. The van der Waals surface area contributed by atoms with E-state index in [1.807, 2.05) is 36.2 Å². The van der Waals surface area contributed by atoms with Gasteiger partial charge in [-0.3, -0.25) is 15.0 Å². The molecular weight excluding hydrogens is 342 g/mol. The van der Waals surface area contributed by atoms with E-state index in [-0.39, 0.29) is 24.5 Å². The van der Waals surface area contributed by atoms with Gasteiger partial charge in [0.25, 0.3) is 0 Å². The van der Waals surface area contributed by atoms with Crippen molar-refractivity contribution in [2.75, 3.05) is 20.7 Å². The van der Waals surface area contributed by atoms with E-state index >= 15 is 0 Å². The highest BCUT2D eigenvalue weighted by atomic mass is 16.5. The number of carbonyl (C=O) groups excluding carboxylic acids is 2. The molecule has 0 aliphatic heterocycles. The molecule has 27 heavy (non-hydrogen) atoms. The van der Waals surface area contributed by atoms with Gasteiger partial charge in [-0.25, -0.2) is 4.79 Å². The number of fused-ring (bicyclic) bond motifs is 2. The fourth-order valence-corrected chi connectivity index (χ4v) is 4.81. The second-order valence-electron chi connectivity index (χ2n) is 8.17. The zero-order valence-corrected chi connectivity index (χ0v) is 16.5.